The summed E-state index contributed by atoms with van der Waals surface area (Å²) < 4.78 is 0.867. The van der Waals surface area contributed by atoms with Crippen molar-refractivity contribution < 1.29 is 4.79 Å². The summed E-state index contributed by atoms with van der Waals surface area (Å²) in [6.07, 6.45) is 4.53. The zero-order chi connectivity index (χ0) is 21.2. The first-order chi connectivity index (χ1) is 13.7. The highest BCUT2D eigenvalue weighted by atomic mass is 79.9. The van der Waals surface area contributed by atoms with Gasteiger partial charge in [-0.25, -0.2) is 0 Å². The number of amides is 1. The molecule has 0 radical (unpaired) electrons. The second-order valence-corrected chi connectivity index (χ2v) is 10.6. The number of nitrogens with zero attached hydrogens (tertiary/aromatic N) is 2. The van der Waals surface area contributed by atoms with Crippen molar-refractivity contribution in [3.8, 4) is 10.7 Å². The van der Waals surface area contributed by atoms with Crippen LogP contribution in [0.25, 0.3) is 10.7 Å². The number of halogens is 1. The SMILES string of the molecule is CCC(NC(=O)[C@H]1CC[C@H](C(C)(C)C)CC1)c1nnc(-c2sccc2Br)[nH]c1=O. The fourth-order valence-electron chi connectivity index (χ4n) is 4.01. The predicted octanol–water partition coefficient (Wildman–Crippen LogP) is 5.08. The van der Waals surface area contributed by atoms with Crippen LogP contribution in [-0.2, 0) is 4.79 Å². The highest BCUT2D eigenvalue weighted by Crippen LogP contribution is 2.40. The maximum Gasteiger partial charge on any atom is 0.275 e. The van der Waals surface area contributed by atoms with E-state index in [1.54, 1.807) is 0 Å². The first-order valence-corrected chi connectivity index (χ1v) is 11.9. The van der Waals surface area contributed by atoms with Gasteiger partial charge in [0.05, 0.1) is 10.9 Å². The lowest BCUT2D eigenvalue weighted by Crippen LogP contribution is -2.39. The van der Waals surface area contributed by atoms with E-state index >= 15 is 0 Å². The number of H-pyrrole nitrogens is 1. The van der Waals surface area contributed by atoms with E-state index in [1.165, 1.54) is 11.3 Å². The summed E-state index contributed by atoms with van der Waals surface area (Å²) in [5.41, 5.74) is 0.245. The van der Waals surface area contributed by atoms with E-state index in [1.807, 2.05) is 18.4 Å². The van der Waals surface area contributed by atoms with Crippen molar-refractivity contribution in [1.29, 1.82) is 0 Å². The fraction of sp³-hybridized carbons (Fsp3) is 0.619. The van der Waals surface area contributed by atoms with Crippen LogP contribution < -0.4 is 10.9 Å². The van der Waals surface area contributed by atoms with E-state index in [-0.39, 0.29) is 28.5 Å². The van der Waals surface area contributed by atoms with E-state index in [2.05, 4.69) is 57.2 Å². The minimum absolute atomic E-state index is 0.0102. The molecule has 29 heavy (non-hydrogen) atoms. The Morgan fingerprint density at radius 1 is 1.31 bits per heavy atom. The van der Waals surface area contributed by atoms with Crippen LogP contribution in [0.2, 0.25) is 0 Å². The summed E-state index contributed by atoms with van der Waals surface area (Å²) in [6, 6.07) is 1.47. The van der Waals surface area contributed by atoms with Gasteiger partial charge in [-0.1, -0.05) is 27.7 Å². The van der Waals surface area contributed by atoms with Gasteiger partial charge in [-0.05, 0) is 70.8 Å². The van der Waals surface area contributed by atoms with Gasteiger partial charge in [0.25, 0.3) is 5.56 Å². The zero-order valence-corrected chi connectivity index (χ0v) is 19.8. The number of hydrogen-bond donors (Lipinski definition) is 2. The lowest BCUT2D eigenvalue weighted by atomic mass is 9.69. The topological polar surface area (TPSA) is 87.7 Å². The molecule has 0 bridgehead atoms. The number of nitrogens with one attached hydrogen (secondary N) is 2. The highest BCUT2D eigenvalue weighted by Gasteiger charge is 2.33. The smallest absolute Gasteiger partial charge is 0.275 e. The number of carbonyl (C=O) groups is 1. The van der Waals surface area contributed by atoms with Gasteiger partial charge in [0, 0.05) is 10.4 Å². The zero-order valence-electron chi connectivity index (χ0n) is 17.4. The summed E-state index contributed by atoms with van der Waals surface area (Å²) in [6.45, 7) is 8.75. The van der Waals surface area contributed by atoms with Crippen molar-refractivity contribution in [3.63, 3.8) is 0 Å². The summed E-state index contributed by atoms with van der Waals surface area (Å²) in [4.78, 5) is 29.1. The van der Waals surface area contributed by atoms with Crippen molar-refractivity contribution in [2.45, 2.75) is 65.8 Å². The van der Waals surface area contributed by atoms with Crippen LogP contribution in [0, 0.1) is 17.3 Å². The van der Waals surface area contributed by atoms with Gasteiger partial charge in [0.1, 0.15) is 0 Å². The molecular formula is C21H29BrN4O2S. The monoisotopic (exact) mass is 480 g/mol. The van der Waals surface area contributed by atoms with Crippen LogP contribution in [0.4, 0.5) is 0 Å². The van der Waals surface area contributed by atoms with Crippen LogP contribution in [0.3, 0.4) is 0 Å². The highest BCUT2D eigenvalue weighted by molar-refractivity contribution is 9.10. The third-order valence-electron chi connectivity index (χ3n) is 5.93. The standard InChI is InChI=1S/C21H29BrN4O2S/c1-5-15(23-19(27)12-6-8-13(9-7-12)21(2,3)4)16-20(28)24-18(26-25-16)17-14(22)10-11-29-17/h10-13,15H,5-9H2,1-4H3,(H,23,27)(H,24,26,28)/t12-,13-,15?. The lowest BCUT2D eigenvalue weighted by Gasteiger charge is -2.36. The van der Waals surface area contributed by atoms with Crippen LogP contribution in [0.5, 0.6) is 0 Å². The van der Waals surface area contributed by atoms with E-state index in [0.717, 1.165) is 35.0 Å². The number of aromatic amines is 1. The number of rotatable bonds is 5. The summed E-state index contributed by atoms with van der Waals surface area (Å²) >= 11 is 4.92. The normalized spacial score (nSPS) is 21.0. The molecule has 0 saturated heterocycles. The second-order valence-electron chi connectivity index (χ2n) is 8.87. The van der Waals surface area contributed by atoms with Gasteiger partial charge < -0.3 is 10.3 Å². The van der Waals surface area contributed by atoms with Crippen LogP contribution in [-0.4, -0.2) is 21.1 Å². The van der Waals surface area contributed by atoms with Crippen LogP contribution >= 0.6 is 27.3 Å². The summed E-state index contributed by atoms with van der Waals surface area (Å²) in [5.74, 6) is 1.13. The Morgan fingerprint density at radius 3 is 2.52 bits per heavy atom. The molecule has 3 rings (SSSR count). The molecule has 1 fully saturated rings. The van der Waals surface area contributed by atoms with Gasteiger partial charge in [-0.2, -0.15) is 0 Å². The van der Waals surface area contributed by atoms with Gasteiger partial charge in [0.15, 0.2) is 11.5 Å². The van der Waals surface area contributed by atoms with E-state index in [9.17, 15) is 9.59 Å². The number of carbonyl (C=O) groups excluding carboxylic acids is 1. The Morgan fingerprint density at radius 2 is 2.00 bits per heavy atom. The second kappa shape index (κ2) is 9.08. The Bertz CT molecular complexity index is 910. The Hall–Kier alpha value is -1.54. The van der Waals surface area contributed by atoms with Gasteiger partial charge >= 0.3 is 0 Å². The molecular weight excluding hydrogens is 452 g/mol. The minimum atomic E-state index is -0.431. The third kappa shape index (κ3) is 5.15. The number of hydrogen-bond acceptors (Lipinski definition) is 5. The minimum Gasteiger partial charge on any atom is -0.347 e. The predicted molar refractivity (Wildman–Crippen MR) is 120 cm³/mol. The molecule has 2 aromatic rings. The van der Waals surface area contributed by atoms with Gasteiger partial charge in [-0.3, -0.25) is 9.59 Å². The Balaban J connectivity index is 1.68. The molecule has 1 atom stereocenters. The maximum absolute atomic E-state index is 12.8. The molecule has 1 amide bonds. The van der Waals surface area contributed by atoms with Crippen molar-refractivity contribution in [2.24, 2.45) is 17.3 Å². The van der Waals surface area contributed by atoms with Crippen molar-refractivity contribution in [3.05, 3.63) is 32.0 Å². The molecule has 158 valence electrons. The summed E-state index contributed by atoms with van der Waals surface area (Å²) in [5, 5.41) is 13.3. The quantitative estimate of drug-likeness (QED) is 0.624. The van der Waals surface area contributed by atoms with Crippen molar-refractivity contribution >= 4 is 33.2 Å². The molecule has 0 aliphatic heterocycles. The molecule has 1 aliphatic rings. The molecule has 1 saturated carbocycles. The largest absolute Gasteiger partial charge is 0.347 e. The first kappa shape index (κ1) is 22.2. The summed E-state index contributed by atoms with van der Waals surface area (Å²) in [7, 11) is 0. The number of thiophene rings is 1. The molecule has 8 heteroatoms. The Labute approximate surface area is 184 Å². The molecule has 1 aliphatic carbocycles. The molecule has 6 nitrogen and oxygen atoms in total. The molecule has 2 heterocycles. The van der Waals surface area contributed by atoms with E-state index < -0.39 is 6.04 Å². The van der Waals surface area contributed by atoms with Gasteiger partial charge in [-0.15, -0.1) is 21.5 Å². The van der Waals surface area contributed by atoms with Crippen molar-refractivity contribution in [2.75, 3.05) is 0 Å². The average molecular weight is 481 g/mol. The van der Waals surface area contributed by atoms with E-state index in [4.69, 9.17) is 0 Å². The van der Waals surface area contributed by atoms with E-state index in [0.29, 0.717) is 18.2 Å². The molecule has 0 spiro atoms. The lowest BCUT2D eigenvalue weighted by molar-refractivity contribution is -0.127. The number of aromatic nitrogens is 3. The van der Waals surface area contributed by atoms with Crippen LogP contribution in [0.15, 0.2) is 20.7 Å². The van der Waals surface area contributed by atoms with Crippen molar-refractivity contribution in [1.82, 2.24) is 20.5 Å². The average Bonchev–Trinajstić information content (AvgIpc) is 3.11. The first-order valence-electron chi connectivity index (χ1n) is 10.2. The molecule has 0 aromatic carbocycles. The Kier molecular flexibility index (Phi) is 6.94. The third-order valence-corrected chi connectivity index (χ3v) is 7.78. The van der Waals surface area contributed by atoms with Gasteiger partial charge in [0.2, 0.25) is 5.91 Å². The van der Waals surface area contributed by atoms with Crippen LogP contribution in [0.1, 0.15) is 71.5 Å². The molecule has 2 aromatic heterocycles. The molecule has 1 unspecified atom stereocenters. The maximum atomic E-state index is 12.8. The molecule has 2 N–H and O–H groups in total. The fourth-order valence-corrected chi connectivity index (χ4v) is 5.51.